The highest BCUT2D eigenvalue weighted by molar-refractivity contribution is 9.10. The van der Waals surface area contributed by atoms with Crippen LogP contribution < -0.4 is 39.2 Å². The largest absolute Gasteiger partial charge is 0.493 e. The highest BCUT2D eigenvalue weighted by atomic mass is 79.9. The van der Waals surface area contributed by atoms with E-state index >= 15 is 0 Å². The van der Waals surface area contributed by atoms with Crippen molar-refractivity contribution in [3.8, 4) is 34.5 Å². The lowest BCUT2D eigenvalue weighted by Crippen LogP contribution is -2.18. The average Bonchev–Trinajstić information content (AvgIpc) is 3.53. The fraction of sp³-hybridized carbons (Fsp3) is 0.125. The first-order chi connectivity index (χ1) is 21.8. The van der Waals surface area contributed by atoms with Crippen molar-refractivity contribution in [2.75, 3.05) is 33.4 Å². The number of carbonyl (C=O) groups is 3. The van der Waals surface area contributed by atoms with Gasteiger partial charge in [0.15, 0.2) is 23.0 Å². The molecule has 5 rings (SSSR count). The second-order valence-electron chi connectivity index (χ2n) is 9.29. The molecular formula is C32H26BrN3O9. The number of rotatable bonds is 10. The Morgan fingerprint density at radius 1 is 0.778 bits per heavy atom. The lowest BCUT2D eigenvalue weighted by Gasteiger charge is -2.14. The van der Waals surface area contributed by atoms with Gasteiger partial charge in [-0.25, -0.2) is 10.2 Å². The standard InChI is InChI=1S/C32H26BrN3O9/c1-40-27-14-20(15-28(41-2)29(27)42-3)30(37)35-23-6-4-5-18(12-23)31(38)36-34-16-21-11-22(33)8-10-24(21)45-32(39)19-7-9-25-26(13-19)44-17-43-25/h4-16H,17H2,1-3H3,(H,35,37)(H,36,38). The van der Waals surface area contributed by atoms with Crippen molar-refractivity contribution in [1.82, 2.24) is 5.43 Å². The topological polar surface area (TPSA) is 143 Å². The number of nitrogens with one attached hydrogen (secondary N) is 2. The zero-order chi connectivity index (χ0) is 31.9. The van der Waals surface area contributed by atoms with Crippen molar-refractivity contribution in [1.29, 1.82) is 0 Å². The van der Waals surface area contributed by atoms with Crippen LogP contribution in [-0.4, -0.2) is 52.1 Å². The number of carbonyl (C=O) groups excluding carboxylic acids is 3. The molecule has 1 aliphatic rings. The van der Waals surface area contributed by atoms with Crippen molar-refractivity contribution in [2.24, 2.45) is 5.10 Å². The molecule has 13 heteroatoms. The van der Waals surface area contributed by atoms with E-state index in [1.807, 2.05) is 0 Å². The summed E-state index contributed by atoms with van der Waals surface area (Å²) in [5, 5.41) is 6.80. The van der Waals surface area contributed by atoms with Gasteiger partial charge in [0.05, 0.1) is 33.1 Å². The third kappa shape index (κ3) is 7.16. The van der Waals surface area contributed by atoms with Crippen molar-refractivity contribution >= 4 is 45.6 Å². The minimum atomic E-state index is -0.611. The maximum absolute atomic E-state index is 13.0. The zero-order valence-corrected chi connectivity index (χ0v) is 25.8. The number of ether oxygens (including phenoxy) is 6. The predicted octanol–water partition coefficient (Wildman–Crippen LogP) is 5.44. The summed E-state index contributed by atoms with van der Waals surface area (Å²) >= 11 is 3.39. The molecule has 12 nitrogen and oxygen atoms in total. The summed E-state index contributed by atoms with van der Waals surface area (Å²) < 4.78 is 32.9. The first-order valence-electron chi connectivity index (χ1n) is 13.3. The van der Waals surface area contributed by atoms with E-state index < -0.39 is 17.8 Å². The van der Waals surface area contributed by atoms with Crippen LogP contribution in [0.1, 0.15) is 36.6 Å². The monoisotopic (exact) mass is 675 g/mol. The van der Waals surface area contributed by atoms with E-state index in [4.69, 9.17) is 28.4 Å². The maximum Gasteiger partial charge on any atom is 0.343 e. The molecule has 4 aromatic carbocycles. The smallest absolute Gasteiger partial charge is 0.343 e. The van der Waals surface area contributed by atoms with Gasteiger partial charge in [-0.1, -0.05) is 22.0 Å². The number of benzene rings is 4. The third-order valence-corrected chi connectivity index (χ3v) is 6.96. The first-order valence-corrected chi connectivity index (χ1v) is 14.0. The molecule has 1 heterocycles. The van der Waals surface area contributed by atoms with Crippen LogP contribution >= 0.6 is 15.9 Å². The second kappa shape index (κ2) is 13.8. The van der Waals surface area contributed by atoms with Crippen LogP contribution in [0.5, 0.6) is 34.5 Å². The van der Waals surface area contributed by atoms with E-state index in [9.17, 15) is 14.4 Å². The van der Waals surface area contributed by atoms with Crippen molar-refractivity contribution in [3.63, 3.8) is 0 Å². The van der Waals surface area contributed by atoms with Gasteiger partial charge in [0.2, 0.25) is 12.5 Å². The Morgan fingerprint density at radius 2 is 1.53 bits per heavy atom. The van der Waals surface area contributed by atoms with Crippen LogP contribution in [0.3, 0.4) is 0 Å². The highest BCUT2D eigenvalue weighted by Gasteiger charge is 2.19. The highest BCUT2D eigenvalue weighted by Crippen LogP contribution is 2.38. The molecule has 0 spiro atoms. The molecule has 0 unspecified atom stereocenters. The van der Waals surface area contributed by atoms with E-state index in [0.29, 0.717) is 44.5 Å². The molecule has 0 radical (unpaired) electrons. The Morgan fingerprint density at radius 3 is 2.27 bits per heavy atom. The fourth-order valence-corrected chi connectivity index (χ4v) is 4.65. The number of methoxy groups -OCH3 is 3. The lowest BCUT2D eigenvalue weighted by molar-refractivity contribution is 0.0733. The Labute approximate surface area is 266 Å². The zero-order valence-electron chi connectivity index (χ0n) is 24.2. The molecule has 230 valence electrons. The summed E-state index contributed by atoms with van der Waals surface area (Å²) in [6, 6.07) is 19.1. The Balaban J connectivity index is 1.25. The van der Waals surface area contributed by atoms with Crippen LogP contribution in [0.25, 0.3) is 0 Å². The fourth-order valence-electron chi connectivity index (χ4n) is 4.27. The van der Waals surface area contributed by atoms with Gasteiger partial charge in [0.1, 0.15) is 5.75 Å². The molecule has 0 fully saturated rings. The number of halogens is 1. The van der Waals surface area contributed by atoms with Gasteiger partial charge in [-0.15, -0.1) is 0 Å². The summed E-state index contributed by atoms with van der Waals surface area (Å²) in [5.74, 6) is 0.614. The van der Waals surface area contributed by atoms with Crippen molar-refractivity contribution in [2.45, 2.75) is 0 Å². The minimum absolute atomic E-state index is 0.0841. The second-order valence-corrected chi connectivity index (χ2v) is 10.2. The summed E-state index contributed by atoms with van der Waals surface area (Å²) in [5.41, 5.74) is 4.00. The number of nitrogens with zero attached hydrogens (tertiary/aromatic N) is 1. The normalized spacial score (nSPS) is 11.6. The van der Waals surface area contributed by atoms with Crippen molar-refractivity contribution in [3.05, 3.63) is 99.5 Å². The van der Waals surface area contributed by atoms with Crippen molar-refractivity contribution < 1.29 is 42.8 Å². The molecule has 0 atom stereocenters. The van der Waals surface area contributed by atoms with Gasteiger partial charge in [-0.05, 0) is 66.7 Å². The van der Waals surface area contributed by atoms with Crippen LogP contribution in [0, 0.1) is 0 Å². The van der Waals surface area contributed by atoms with E-state index in [1.54, 1.807) is 54.6 Å². The molecule has 4 aromatic rings. The van der Waals surface area contributed by atoms with E-state index in [1.165, 1.54) is 45.7 Å². The average molecular weight is 676 g/mol. The molecule has 2 N–H and O–H groups in total. The predicted molar refractivity (Wildman–Crippen MR) is 167 cm³/mol. The molecule has 2 amide bonds. The Hall–Kier alpha value is -5.56. The Bertz CT molecular complexity index is 1780. The SMILES string of the molecule is COc1cc(C(=O)Nc2cccc(C(=O)NN=Cc3cc(Br)ccc3OC(=O)c3ccc4c(c3)OCO4)c2)cc(OC)c1OC. The molecule has 1 aliphatic heterocycles. The maximum atomic E-state index is 13.0. The van der Waals surface area contributed by atoms with Gasteiger partial charge in [0, 0.05) is 26.9 Å². The number of amides is 2. The van der Waals surface area contributed by atoms with Gasteiger partial charge in [0.25, 0.3) is 11.8 Å². The minimum Gasteiger partial charge on any atom is -0.493 e. The molecule has 0 saturated carbocycles. The van der Waals surface area contributed by atoms with Crippen LogP contribution in [0.15, 0.2) is 82.4 Å². The summed E-state index contributed by atoms with van der Waals surface area (Å²) in [6.07, 6.45) is 1.35. The number of anilines is 1. The molecule has 0 saturated heterocycles. The molecule has 0 aromatic heterocycles. The number of hydrogen-bond donors (Lipinski definition) is 2. The molecule has 0 bridgehead atoms. The molecular weight excluding hydrogens is 650 g/mol. The number of hydrazone groups is 1. The summed E-state index contributed by atoms with van der Waals surface area (Å²) in [6.45, 7) is 0.0841. The number of esters is 1. The summed E-state index contributed by atoms with van der Waals surface area (Å²) in [4.78, 5) is 38.7. The van der Waals surface area contributed by atoms with Gasteiger partial charge in [-0.2, -0.15) is 5.10 Å². The van der Waals surface area contributed by atoms with Crippen LogP contribution in [-0.2, 0) is 0 Å². The number of hydrogen-bond acceptors (Lipinski definition) is 10. The third-order valence-electron chi connectivity index (χ3n) is 6.46. The van der Waals surface area contributed by atoms with E-state index in [2.05, 4.69) is 31.8 Å². The summed E-state index contributed by atoms with van der Waals surface area (Å²) in [7, 11) is 4.37. The van der Waals surface area contributed by atoms with Gasteiger partial charge < -0.3 is 33.7 Å². The van der Waals surface area contributed by atoms with Crippen LogP contribution in [0.4, 0.5) is 5.69 Å². The quantitative estimate of drug-likeness (QED) is 0.0972. The Kier molecular flexibility index (Phi) is 9.49. The number of fused-ring (bicyclic) bond motifs is 1. The van der Waals surface area contributed by atoms with Crippen LogP contribution in [0.2, 0.25) is 0 Å². The lowest BCUT2D eigenvalue weighted by atomic mass is 10.1. The molecule has 45 heavy (non-hydrogen) atoms. The van der Waals surface area contributed by atoms with E-state index in [0.717, 1.165) is 0 Å². The van der Waals surface area contributed by atoms with Gasteiger partial charge in [-0.3, -0.25) is 9.59 Å². The van der Waals surface area contributed by atoms with E-state index in [-0.39, 0.29) is 29.2 Å². The molecule has 0 aliphatic carbocycles. The van der Waals surface area contributed by atoms with Gasteiger partial charge >= 0.3 is 5.97 Å². The first kappa shape index (κ1) is 30.9.